The molecule has 0 N–H and O–H groups in total. The maximum Gasteiger partial charge on any atom is 0.338 e. The van der Waals surface area contributed by atoms with Crippen LogP contribution in [0.5, 0.6) is 0 Å². The van der Waals surface area contributed by atoms with Gasteiger partial charge in [-0.2, -0.15) is 0 Å². The van der Waals surface area contributed by atoms with E-state index in [0.29, 0.717) is 16.7 Å². The monoisotopic (exact) mass is 414 g/mol. The first-order valence-electron chi connectivity index (χ1n) is 10.2. The van der Waals surface area contributed by atoms with E-state index in [0.717, 1.165) is 5.56 Å². The van der Waals surface area contributed by atoms with Gasteiger partial charge in [-0.15, -0.1) is 0 Å². The van der Waals surface area contributed by atoms with Crippen molar-refractivity contribution in [3.8, 4) is 0 Å². The summed E-state index contributed by atoms with van der Waals surface area (Å²) in [6.07, 6.45) is -0.918. The highest BCUT2D eigenvalue weighted by Gasteiger charge is 2.22. The average molecular weight is 415 g/mol. The molecule has 0 fully saturated rings. The van der Waals surface area contributed by atoms with E-state index < -0.39 is 12.1 Å². The van der Waals surface area contributed by atoms with Crippen molar-refractivity contribution in [1.29, 1.82) is 0 Å². The van der Waals surface area contributed by atoms with E-state index >= 15 is 0 Å². The molecule has 0 aliphatic carbocycles. The number of hydrogen-bond acceptors (Lipinski definition) is 4. The second-order valence-corrected chi connectivity index (χ2v) is 8.51. The number of hydrogen-bond donors (Lipinski definition) is 0. The molecule has 0 aromatic heterocycles. The Morgan fingerprint density at radius 1 is 0.677 bits per heavy atom. The van der Waals surface area contributed by atoms with Gasteiger partial charge in [-0.3, -0.25) is 9.59 Å². The van der Waals surface area contributed by atoms with Crippen LogP contribution < -0.4 is 0 Å². The van der Waals surface area contributed by atoms with E-state index in [1.54, 1.807) is 55.5 Å². The van der Waals surface area contributed by atoms with Gasteiger partial charge in [0.1, 0.15) is 0 Å². The average Bonchev–Trinajstić information content (AvgIpc) is 2.78. The number of esters is 1. The van der Waals surface area contributed by atoms with Gasteiger partial charge in [0.2, 0.25) is 5.78 Å². The molecule has 3 rings (SSSR count). The van der Waals surface area contributed by atoms with Gasteiger partial charge in [0.25, 0.3) is 0 Å². The van der Waals surface area contributed by atoms with Crippen molar-refractivity contribution in [2.24, 2.45) is 0 Å². The molecule has 0 saturated heterocycles. The molecule has 31 heavy (non-hydrogen) atoms. The Morgan fingerprint density at radius 2 is 1.16 bits per heavy atom. The number of carbonyl (C=O) groups is 3. The first-order chi connectivity index (χ1) is 14.7. The van der Waals surface area contributed by atoms with Crippen molar-refractivity contribution in [2.75, 3.05) is 0 Å². The zero-order valence-corrected chi connectivity index (χ0v) is 18.2. The second-order valence-electron chi connectivity index (χ2n) is 8.51. The van der Waals surface area contributed by atoms with E-state index in [4.69, 9.17) is 4.74 Å². The lowest BCUT2D eigenvalue weighted by atomic mass is 9.86. The van der Waals surface area contributed by atoms with Crippen molar-refractivity contribution in [3.05, 3.63) is 107 Å². The lowest BCUT2D eigenvalue weighted by molar-refractivity contribution is 0.0318. The van der Waals surface area contributed by atoms with E-state index in [-0.39, 0.29) is 22.5 Å². The number of rotatable bonds is 6. The van der Waals surface area contributed by atoms with Crippen molar-refractivity contribution in [1.82, 2.24) is 0 Å². The lowest BCUT2D eigenvalue weighted by Gasteiger charge is -2.19. The molecule has 4 heteroatoms. The van der Waals surface area contributed by atoms with Gasteiger partial charge in [-0.1, -0.05) is 87.5 Å². The fraction of sp³-hybridized carbons (Fsp3) is 0.222. The topological polar surface area (TPSA) is 60.4 Å². The van der Waals surface area contributed by atoms with Gasteiger partial charge in [-0.25, -0.2) is 4.79 Å². The summed E-state index contributed by atoms with van der Waals surface area (Å²) in [4.78, 5) is 37.6. The van der Waals surface area contributed by atoms with Gasteiger partial charge in [0.05, 0.1) is 5.56 Å². The number of Topliss-reactive ketones (excluding diaryl/α,β-unsaturated/α-hetero) is 1. The van der Waals surface area contributed by atoms with Crippen molar-refractivity contribution in [3.63, 3.8) is 0 Å². The maximum absolute atomic E-state index is 12.7. The standard InChI is InChI=1S/C27H26O4/c1-18(24(28)20-14-16-23(17-15-20)27(2,3)4)31-26(30)22-12-10-21(11-13-22)25(29)19-8-6-5-7-9-19/h5-18H,1-4H3/t18-/m1/s1. The van der Waals surface area contributed by atoms with Crippen LogP contribution in [-0.4, -0.2) is 23.6 Å². The molecule has 3 aromatic rings. The third-order valence-electron chi connectivity index (χ3n) is 5.11. The predicted molar refractivity (Wildman–Crippen MR) is 121 cm³/mol. The lowest BCUT2D eigenvalue weighted by Crippen LogP contribution is -2.24. The molecule has 0 amide bonds. The third-order valence-corrected chi connectivity index (χ3v) is 5.11. The Hall–Kier alpha value is -3.53. The minimum atomic E-state index is -0.918. The summed E-state index contributed by atoms with van der Waals surface area (Å²) >= 11 is 0. The summed E-state index contributed by atoms with van der Waals surface area (Å²) in [6, 6.07) is 22.5. The van der Waals surface area contributed by atoms with Gasteiger partial charge in [-0.05, 0) is 30.0 Å². The van der Waals surface area contributed by atoms with Crippen LogP contribution in [0, 0.1) is 0 Å². The molecule has 0 radical (unpaired) electrons. The van der Waals surface area contributed by atoms with Crippen LogP contribution in [-0.2, 0) is 10.2 Å². The normalized spacial score (nSPS) is 12.1. The number of benzene rings is 3. The summed E-state index contributed by atoms with van der Waals surface area (Å²) in [7, 11) is 0. The Kier molecular flexibility index (Phi) is 6.50. The summed E-state index contributed by atoms with van der Waals surface area (Å²) in [6.45, 7) is 7.87. The minimum Gasteiger partial charge on any atom is -0.451 e. The first kappa shape index (κ1) is 22.2. The molecule has 0 aliphatic rings. The molecule has 1 atom stereocenters. The first-order valence-corrected chi connectivity index (χ1v) is 10.2. The minimum absolute atomic E-state index is 0.00623. The SMILES string of the molecule is C[C@@H](OC(=O)c1ccc(C(=O)c2ccccc2)cc1)C(=O)c1ccc(C(C)(C)C)cc1. The Bertz CT molecular complexity index is 1070. The Labute approximate surface area is 182 Å². The fourth-order valence-corrected chi connectivity index (χ4v) is 3.17. The summed E-state index contributed by atoms with van der Waals surface area (Å²) in [5.41, 5.74) is 2.96. The Balaban J connectivity index is 1.65. The van der Waals surface area contributed by atoms with Crippen molar-refractivity contribution in [2.45, 2.75) is 39.2 Å². The molecular weight excluding hydrogens is 388 g/mol. The molecule has 0 heterocycles. The van der Waals surface area contributed by atoms with Crippen LogP contribution in [0.4, 0.5) is 0 Å². The number of ether oxygens (including phenoxy) is 1. The number of ketones is 2. The van der Waals surface area contributed by atoms with Gasteiger partial charge >= 0.3 is 5.97 Å². The molecule has 0 bridgehead atoms. The van der Waals surface area contributed by atoms with Gasteiger partial charge in [0, 0.05) is 16.7 Å². The zero-order valence-electron chi connectivity index (χ0n) is 18.2. The molecule has 0 unspecified atom stereocenters. The highest BCUT2D eigenvalue weighted by atomic mass is 16.5. The fourth-order valence-electron chi connectivity index (χ4n) is 3.17. The summed E-state index contributed by atoms with van der Waals surface area (Å²) < 4.78 is 5.36. The van der Waals surface area contributed by atoms with Crippen LogP contribution >= 0.6 is 0 Å². The molecule has 0 aliphatic heterocycles. The quantitative estimate of drug-likeness (QED) is 0.387. The molecule has 0 spiro atoms. The van der Waals surface area contributed by atoms with Gasteiger partial charge in [0.15, 0.2) is 11.9 Å². The summed E-state index contributed by atoms with van der Waals surface area (Å²) in [5.74, 6) is -0.988. The third kappa shape index (κ3) is 5.34. The molecule has 3 aromatic carbocycles. The smallest absolute Gasteiger partial charge is 0.338 e. The van der Waals surface area contributed by atoms with Crippen LogP contribution in [0.25, 0.3) is 0 Å². The van der Waals surface area contributed by atoms with E-state index in [2.05, 4.69) is 20.8 Å². The van der Waals surface area contributed by atoms with E-state index in [1.807, 2.05) is 18.2 Å². The van der Waals surface area contributed by atoms with E-state index in [1.165, 1.54) is 12.1 Å². The van der Waals surface area contributed by atoms with Crippen molar-refractivity contribution >= 4 is 17.5 Å². The van der Waals surface area contributed by atoms with Crippen LogP contribution in [0.3, 0.4) is 0 Å². The van der Waals surface area contributed by atoms with Crippen molar-refractivity contribution < 1.29 is 19.1 Å². The zero-order chi connectivity index (χ0) is 22.6. The van der Waals surface area contributed by atoms with Crippen LogP contribution in [0.2, 0.25) is 0 Å². The molecular formula is C27H26O4. The highest BCUT2D eigenvalue weighted by Crippen LogP contribution is 2.23. The highest BCUT2D eigenvalue weighted by molar-refractivity contribution is 6.09. The predicted octanol–water partition coefficient (Wildman–Crippen LogP) is 5.64. The maximum atomic E-state index is 12.7. The Morgan fingerprint density at radius 3 is 1.71 bits per heavy atom. The molecule has 0 saturated carbocycles. The van der Waals surface area contributed by atoms with Gasteiger partial charge < -0.3 is 4.74 Å². The number of carbonyl (C=O) groups excluding carboxylic acids is 3. The van der Waals surface area contributed by atoms with E-state index in [9.17, 15) is 14.4 Å². The largest absolute Gasteiger partial charge is 0.451 e. The van der Waals surface area contributed by atoms with Crippen LogP contribution in [0.1, 0.15) is 69.9 Å². The molecule has 4 nitrogen and oxygen atoms in total. The molecule has 158 valence electrons. The second kappa shape index (κ2) is 9.09. The summed E-state index contributed by atoms with van der Waals surface area (Å²) in [5, 5.41) is 0. The van der Waals surface area contributed by atoms with Crippen LogP contribution in [0.15, 0.2) is 78.9 Å².